The molecule has 18 heavy (non-hydrogen) atoms. The SMILES string of the molecule is CC(C)CCNC(N)=NCC(C)(O)c1ccsc1. The van der Waals surface area contributed by atoms with Crippen molar-refractivity contribution in [3.05, 3.63) is 22.4 Å². The molecule has 1 heterocycles. The molecule has 5 heteroatoms. The van der Waals surface area contributed by atoms with Crippen molar-refractivity contribution >= 4 is 17.3 Å². The Labute approximate surface area is 113 Å². The van der Waals surface area contributed by atoms with E-state index in [-0.39, 0.29) is 6.54 Å². The summed E-state index contributed by atoms with van der Waals surface area (Å²) in [7, 11) is 0. The van der Waals surface area contributed by atoms with E-state index < -0.39 is 5.60 Å². The number of hydrogen-bond donors (Lipinski definition) is 3. The Kier molecular flexibility index (Phi) is 5.62. The molecule has 1 aromatic heterocycles. The molecule has 0 saturated carbocycles. The van der Waals surface area contributed by atoms with Crippen molar-refractivity contribution in [2.24, 2.45) is 16.6 Å². The van der Waals surface area contributed by atoms with Gasteiger partial charge in [0.05, 0.1) is 6.54 Å². The second-order valence-corrected chi connectivity index (χ2v) is 5.88. The highest BCUT2D eigenvalue weighted by Gasteiger charge is 2.22. The van der Waals surface area contributed by atoms with Gasteiger partial charge in [0.25, 0.3) is 0 Å². The summed E-state index contributed by atoms with van der Waals surface area (Å²) in [6, 6.07) is 1.91. The van der Waals surface area contributed by atoms with E-state index in [1.165, 1.54) is 0 Å². The van der Waals surface area contributed by atoms with Crippen LogP contribution in [0.3, 0.4) is 0 Å². The van der Waals surface area contributed by atoms with Gasteiger partial charge in [-0.2, -0.15) is 11.3 Å². The molecule has 0 aromatic carbocycles. The highest BCUT2D eigenvalue weighted by Crippen LogP contribution is 2.22. The number of rotatable bonds is 6. The van der Waals surface area contributed by atoms with Gasteiger partial charge in [-0.15, -0.1) is 0 Å². The van der Waals surface area contributed by atoms with Crippen LogP contribution in [0.5, 0.6) is 0 Å². The van der Waals surface area contributed by atoms with E-state index >= 15 is 0 Å². The molecule has 0 spiro atoms. The Morgan fingerprint density at radius 1 is 1.61 bits per heavy atom. The maximum absolute atomic E-state index is 10.3. The Morgan fingerprint density at radius 3 is 2.89 bits per heavy atom. The number of guanidine groups is 1. The summed E-state index contributed by atoms with van der Waals surface area (Å²) in [4.78, 5) is 4.19. The summed E-state index contributed by atoms with van der Waals surface area (Å²) in [6.45, 7) is 7.16. The lowest BCUT2D eigenvalue weighted by atomic mass is 10.00. The Hall–Kier alpha value is -1.07. The van der Waals surface area contributed by atoms with Gasteiger partial charge in [0, 0.05) is 6.54 Å². The van der Waals surface area contributed by atoms with Crippen molar-refractivity contribution in [1.82, 2.24) is 5.32 Å². The second kappa shape index (κ2) is 6.75. The molecule has 1 unspecified atom stereocenters. The summed E-state index contributed by atoms with van der Waals surface area (Å²) >= 11 is 1.56. The van der Waals surface area contributed by atoms with Gasteiger partial charge in [-0.1, -0.05) is 13.8 Å². The fourth-order valence-corrected chi connectivity index (χ4v) is 2.23. The first-order valence-corrected chi connectivity index (χ1v) is 7.15. The molecule has 1 rings (SSSR count). The van der Waals surface area contributed by atoms with Crippen LogP contribution in [0.15, 0.2) is 21.8 Å². The van der Waals surface area contributed by atoms with Gasteiger partial charge in [0.1, 0.15) is 5.60 Å². The predicted molar refractivity (Wildman–Crippen MR) is 77.8 cm³/mol. The average molecular weight is 269 g/mol. The molecule has 0 fully saturated rings. The van der Waals surface area contributed by atoms with E-state index in [1.54, 1.807) is 18.3 Å². The Bertz CT molecular complexity index is 372. The topological polar surface area (TPSA) is 70.6 Å². The third kappa shape index (κ3) is 5.06. The number of aliphatic hydroxyl groups is 1. The number of thiophene rings is 1. The van der Waals surface area contributed by atoms with Crippen molar-refractivity contribution in [1.29, 1.82) is 0 Å². The molecular weight excluding hydrogens is 246 g/mol. The highest BCUT2D eigenvalue weighted by atomic mass is 32.1. The molecule has 0 aliphatic carbocycles. The zero-order valence-corrected chi connectivity index (χ0v) is 12.1. The van der Waals surface area contributed by atoms with Crippen LogP contribution in [0.2, 0.25) is 0 Å². The van der Waals surface area contributed by atoms with Gasteiger partial charge in [-0.05, 0) is 41.7 Å². The summed E-state index contributed by atoms with van der Waals surface area (Å²) < 4.78 is 0. The van der Waals surface area contributed by atoms with Gasteiger partial charge in [-0.25, -0.2) is 0 Å². The highest BCUT2D eigenvalue weighted by molar-refractivity contribution is 7.08. The van der Waals surface area contributed by atoms with Crippen molar-refractivity contribution in [2.75, 3.05) is 13.1 Å². The predicted octanol–water partition coefficient (Wildman–Crippen LogP) is 1.91. The minimum Gasteiger partial charge on any atom is -0.383 e. The number of aliphatic imine (C=N–C) groups is 1. The molecule has 0 bridgehead atoms. The van der Waals surface area contributed by atoms with Crippen LogP contribution in [0.25, 0.3) is 0 Å². The lowest BCUT2D eigenvalue weighted by Crippen LogP contribution is -2.35. The molecule has 1 atom stereocenters. The maximum Gasteiger partial charge on any atom is 0.188 e. The average Bonchev–Trinajstić information content (AvgIpc) is 2.80. The van der Waals surface area contributed by atoms with E-state index in [0.29, 0.717) is 11.9 Å². The van der Waals surface area contributed by atoms with E-state index in [9.17, 15) is 5.11 Å². The molecule has 4 N–H and O–H groups in total. The molecule has 1 aromatic rings. The maximum atomic E-state index is 10.3. The second-order valence-electron chi connectivity index (χ2n) is 5.10. The first-order chi connectivity index (χ1) is 8.42. The van der Waals surface area contributed by atoms with Crippen molar-refractivity contribution in [2.45, 2.75) is 32.8 Å². The molecular formula is C13H23N3OS. The van der Waals surface area contributed by atoms with E-state index in [0.717, 1.165) is 18.5 Å². The van der Waals surface area contributed by atoms with Gasteiger partial charge in [0.2, 0.25) is 0 Å². The number of nitrogens with two attached hydrogens (primary N) is 1. The third-order valence-corrected chi connectivity index (χ3v) is 3.41. The monoisotopic (exact) mass is 269 g/mol. The van der Waals surface area contributed by atoms with Crippen LogP contribution < -0.4 is 11.1 Å². The number of hydrogen-bond acceptors (Lipinski definition) is 3. The van der Waals surface area contributed by atoms with Gasteiger partial charge >= 0.3 is 0 Å². The smallest absolute Gasteiger partial charge is 0.188 e. The minimum absolute atomic E-state index is 0.268. The summed E-state index contributed by atoms with van der Waals surface area (Å²) in [5, 5.41) is 17.2. The molecule has 0 aliphatic heterocycles. The molecule has 0 saturated heterocycles. The lowest BCUT2D eigenvalue weighted by molar-refractivity contribution is 0.0678. The standard InChI is InChI=1S/C13H23N3OS/c1-10(2)4-6-15-12(14)16-9-13(3,17)11-5-7-18-8-11/h5,7-8,10,17H,4,6,9H2,1-3H3,(H3,14,15,16). The largest absolute Gasteiger partial charge is 0.383 e. The van der Waals surface area contributed by atoms with Gasteiger partial charge < -0.3 is 16.2 Å². The summed E-state index contributed by atoms with van der Waals surface area (Å²) in [5.41, 5.74) is 5.68. The number of nitrogens with one attached hydrogen (secondary N) is 1. The fraction of sp³-hybridized carbons (Fsp3) is 0.615. The molecule has 0 aliphatic rings. The third-order valence-electron chi connectivity index (χ3n) is 2.73. The fourth-order valence-electron chi connectivity index (χ4n) is 1.45. The van der Waals surface area contributed by atoms with E-state index in [4.69, 9.17) is 5.73 Å². The minimum atomic E-state index is -0.954. The van der Waals surface area contributed by atoms with E-state index in [2.05, 4.69) is 24.2 Å². The molecule has 4 nitrogen and oxygen atoms in total. The van der Waals surface area contributed by atoms with Crippen LogP contribution in [-0.4, -0.2) is 24.2 Å². The van der Waals surface area contributed by atoms with Crippen molar-refractivity contribution in [3.8, 4) is 0 Å². The van der Waals surface area contributed by atoms with Crippen LogP contribution in [0.1, 0.15) is 32.8 Å². The number of nitrogens with zero attached hydrogens (tertiary/aromatic N) is 1. The normalized spacial score (nSPS) is 15.7. The van der Waals surface area contributed by atoms with Crippen molar-refractivity contribution in [3.63, 3.8) is 0 Å². The van der Waals surface area contributed by atoms with E-state index in [1.807, 2.05) is 16.8 Å². The zero-order valence-electron chi connectivity index (χ0n) is 11.3. The first kappa shape index (κ1) is 15.0. The first-order valence-electron chi connectivity index (χ1n) is 6.20. The van der Waals surface area contributed by atoms with Crippen LogP contribution in [-0.2, 0) is 5.60 Å². The Balaban J connectivity index is 2.42. The quantitative estimate of drug-likeness (QED) is 0.546. The van der Waals surface area contributed by atoms with Crippen molar-refractivity contribution < 1.29 is 5.11 Å². The van der Waals surface area contributed by atoms with Crippen LogP contribution >= 0.6 is 11.3 Å². The van der Waals surface area contributed by atoms with Crippen LogP contribution in [0, 0.1) is 5.92 Å². The lowest BCUT2D eigenvalue weighted by Gasteiger charge is -2.20. The molecule has 102 valence electrons. The summed E-state index contributed by atoms with van der Waals surface area (Å²) in [5.74, 6) is 1.03. The molecule has 0 amide bonds. The zero-order chi connectivity index (χ0) is 13.6. The van der Waals surface area contributed by atoms with Gasteiger partial charge in [-0.3, -0.25) is 4.99 Å². The molecule has 0 radical (unpaired) electrons. The summed E-state index contributed by atoms with van der Waals surface area (Å²) in [6.07, 6.45) is 1.05. The van der Waals surface area contributed by atoms with Gasteiger partial charge in [0.15, 0.2) is 5.96 Å². The Morgan fingerprint density at radius 2 is 2.33 bits per heavy atom. The van der Waals surface area contributed by atoms with Crippen LogP contribution in [0.4, 0.5) is 0 Å².